The highest BCUT2D eigenvalue weighted by Crippen LogP contribution is 2.23. The molecule has 3 heterocycles. The maximum atomic E-state index is 4.59. The minimum Gasteiger partial charge on any atom is -0.335 e. The van der Waals surface area contributed by atoms with E-state index in [9.17, 15) is 0 Å². The molecule has 3 aromatic rings. The largest absolute Gasteiger partial charge is 0.335 e. The first-order valence-corrected chi connectivity index (χ1v) is 9.88. The van der Waals surface area contributed by atoms with E-state index in [0.29, 0.717) is 6.04 Å². The van der Waals surface area contributed by atoms with E-state index in [1.807, 2.05) is 48.9 Å². The minimum absolute atomic E-state index is 0.620. The molecule has 1 unspecified atom stereocenters. The van der Waals surface area contributed by atoms with Crippen molar-refractivity contribution in [3.05, 3.63) is 66.5 Å². The highest BCUT2D eigenvalue weighted by Gasteiger charge is 2.22. The predicted octanol–water partition coefficient (Wildman–Crippen LogP) is 4.09. The predicted molar refractivity (Wildman–Crippen MR) is 107 cm³/mol. The lowest BCUT2D eigenvalue weighted by Crippen LogP contribution is -2.39. The standard InChI is InChI=1S/C22H27N5/c1-18-23-11-14-26(18)13-10-21-9-5-6-12-27(21)17-19-15-24-22(25-16-19)20-7-3-2-4-8-20/h2-4,7-8,11,14-16,21H,5-6,9-10,12-13,17H2,1H3. The molecule has 5 nitrogen and oxygen atoms in total. The second-order valence-corrected chi connectivity index (χ2v) is 7.36. The van der Waals surface area contributed by atoms with E-state index in [0.717, 1.165) is 36.8 Å². The summed E-state index contributed by atoms with van der Waals surface area (Å²) in [4.78, 5) is 16.1. The lowest BCUT2D eigenvalue weighted by atomic mass is 9.98. The van der Waals surface area contributed by atoms with E-state index in [1.165, 1.54) is 31.2 Å². The summed E-state index contributed by atoms with van der Waals surface area (Å²) in [5.74, 6) is 1.90. The number of rotatable bonds is 6. The zero-order chi connectivity index (χ0) is 18.5. The average Bonchev–Trinajstić information content (AvgIpc) is 3.13. The molecule has 1 aliphatic heterocycles. The van der Waals surface area contributed by atoms with Crippen LogP contribution in [0.2, 0.25) is 0 Å². The van der Waals surface area contributed by atoms with Crippen LogP contribution in [0.3, 0.4) is 0 Å². The normalized spacial score (nSPS) is 17.9. The fraction of sp³-hybridized carbons (Fsp3) is 0.409. The molecular weight excluding hydrogens is 334 g/mol. The number of imidazole rings is 1. The quantitative estimate of drug-likeness (QED) is 0.663. The molecule has 1 atom stereocenters. The molecular formula is C22H27N5. The van der Waals surface area contributed by atoms with Crippen molar-refractivity contribution < 1.29 is 0 Å². The van der Waals surface area contributed by atoms with Crippen molar-refractivity contribution >= 4 is 0 Å². The smallest absolute Gasteiger partial charge is 0.159 e. The fourth-order valence-corrected chi connectivity index (χ4v) is 3.93. The molecule has 140 valence electrons. The maximum absolute atomic E-state index is 4.59. The van der Waals surface area contributed by atoms with Crippen LogP contribution in [0.1, 0.15) is 37.1 Å². The van der Waals surface area contributed by atoms with E-state index in [1.54, 1.807) is 0 Å². The SMILES string of the molecule is Cc1nccn1CCC1CCCCN1Cc1cnc(-c2ccccc2)nc1. The Morgan fingerprint density at radius 3 is 2.59 bits per heavy atom. The third-order valence-corrected chi connectivity index (χ3v) is 5.50. The van der Waals surface area contributed by atoms with Gasteiger partial charge in [0, 0.05) is 55.0 Å². The lowest BCUT2D eigenvalue weighted by molar-refractivity contribution is 0.128. The Bertz CT molecular complexity index is 841. The van der Waals surface area contributed by atoms with Gasteiger partial charge in [-0.3, -0.25) is 4.90 Å². The second-order valence-electron chi connectivity index (χ2n) is 7.36. The number of piperidine rings is 1. The number of likely N-dealkylation sites (tertiary alicyclic amines) is 1. The highest BCUT2D eigenvalue weighted by molar-refractivity contribution is 5.53. The van der Waals surface area contributed by atoms with Gasteiger partial charge in [0.05, 0.1) is 0 Å². The summed E-state index contributed by atoms with van der Waals surface area (Å²) in [6.07, 6.45) is 13.0. The van der Waals surface area contributed by atoms with Gasteiger partial charge in [-0.2, -0.15) is 0 Å². The van der Waals surface area contributed by atoms with Gasteiger partial charge in [-0.05, 0) is 32.7 Å². The molecule has 1 aliphatic rings. The van der Waals surface area contributed by atoms with Gasteiger partial charge in [-0.25, -0.2) is 15.0 Å². The van der Waals surface area contributed by atoms with Gasteiger partial charge in [-0.15, -0.1) is 0 Å². The molecule has 2 aromatic heterocycles. The summed E-state index contributed by atoms with van der Waals surface area (Å²) in [5.41, 5.74) is 2.26. The molecule has 1 aromatic carbocycles. The van der Waals surface area contributed by atoms with Crippen LogP contribution in [0, 0.1) is 6.92 Å². The van der Waals surface area contributed by atoms with Crippen LogP contribution >= 0.6 is 0 Å². The lowest BCUT2D eigenvalue weighted by Gasteiger charge is -2.36. The van der Waals surface area contributed by atoms with Gasteiger partial charge < -0.3 is 4.57 Å². The summed E-state index contributed by atoms with van der Waals surface area (Å²) in [5, 5.41) is 0. The third-order valence-electron chi connectivity index (χ3n) is 5.50. The van der Waals surface area contributed by atoms with Crippen molar-refractivity contribution in [1.29, 1.82) is 0 Å². The number of hydrogen-bond acceptors (Lipinski definition) is 4. The monoisotopic (exact) mass is 361 g/mol. The fourth-order valence-electron chi connectivity index (χ4n) is 3.93. The first-order valence-electron chi connectivity index (χ1n) is 9.88. The number of nitrogens with zero attached hydrogens (tertiary/aromatic N) is 5. The number of aromatic nitrogens is 4. The Kier molecular flexibility index (Phi) is 5.58. The van der Waals surface area contributed by atoms with Crippen LogP contribution in [0.5, 0.6) is 0 Å². The summed E-state index contributed by atoms with van der Waals surface area (Å²) in [7, 11) is 0. The minimum atomic E-state index is 0.620. The summed E-state index contributed by atoms with van der Waals surface area (Å²) in [6, 6.07) is 10.8. The maximum Gasteiger partial charge on any atom is 0.159 e. The van der Waals surface area contributed by atoms with Gasteiger partial charge in [-0.1, -0.05) is 36.8 Å². The van der Waals surface area contributed by atoms with Crippen molar-refractivity contribution in [3.63, 3.8) is 0 Å². The van der Waals surface area contributed by atoms with Crippen molar-refractivity contribution in [2.75, 3.05) is 6.54 Å². The van der Waals surface area contributed by atoms with Crippen molar-refractivity contribution in [1.82, 2.24) is 24.4 Å². The molecule has 0 amide bonds. The molecule has 5 heteroatoms. The Hall–Kier alpha value is -2.53. The van der Waals surface area contributed by atoms with Crippen molar-refractivity contribution in [2.45, 2.75) is 51.7 Å². The first kappa shape index (κ1) is 17.9. The van der Waals surface area contributed by atoms with Crippen LogP contribution in [-0.2, 0) is 13.1 Å². The number of benzene rings is 1. The van der Waals surface area contributed by atoms with Gasteiger partial charge in [0.2, 0.25) is 0 Å². The van der Waals surface area contributed by atoms with Crippen LogP contribution in [-0.4, -0.2) is 37.0 Å². The Balaban J connectivity index is 1.39. The molecule has 0 spiro atoms. The molecule has 27 heavy (non-hydrogen) atoms. The number of hydrogen-bond donors (Lipinski definition) is 0. The summed E-state index contributed by atoms with van der Waals surface area (Å²) >= 11 is 0. The van der Waals surface area contributed by atoms with Crippen LogP contribution < -0.4 is 0 Å². The summed E-state index contributed by atoms with van der Waals surface area (Å²) in [6.45, 7) is 5.21. The average molecular weight is 361 g/mol. The van der Waals surface area contributed by atoms with Crippen molar-refractivity contribution in [3.8, 4) is 11.4 Å². The van der Waals surface area contributed by atoms with Crippen molar-refractivity contribution in [2.24, 2.45) is 0 Å². The molecule has 1 fully saturated rings. The van der Waals surface area contributed by atoms with Gasteiger partial charge in [0.15, 0.2) is 5.82 Å². The summed E-state index contributed by atoms with van der Waals surface area (Å²) < 4.78 is 2.25. The first-order chi connectivity index (χ1) is 13.3. The van der Waals surface area contributed by atoms with Gasteiger partial charge in [0.1, 0.15) is 5.82 Å². The topological polar surface area (TPSA) is 46.8 Å². The zero-order valence-corrected chi connectivity index (χ0v) is 16.0. The molecule has 0 saturated carbocycles. The molecule has 0 N–H and O–H groups in total. The zero-order valence-electron chi connectivity index (χ0n) is 16.0. The van der Waals surface area contributed by atoms with E-state index in [2.05, 4.69) is 37.5 Å². The van der Waals surface area contributed by atoms with Crippen LogP contribution in [0.15, 0.2) is 55.1 Å². The molecule has 4 rings (SSSR count). The van der Waals surface area contributed by atoms with Crippen LogP contribution in [0.25, 0.3) is 11.4 Å². The third kappa shape index (κ3) is 4.42. The second kappa shape index (κ2) is 8.44. The van der Waals surface area contributed by atoms with Gasteiger partial charge >= 0.3 is 0 Å². The van der Waals surface area contributed by atoms with E-state index < -0.39 is 0 Å². The molecule has 0 aliphatic carbocycles. The molecule has 1 saturated heterocycles. The Morgan fingerprint density at radius 1 is 1.04 bits per heavy atom. The van der Waals surface area contributed by atoms with E-state index >= 15 is 0 Å². The highest BCUT2D eigenvalue weighted by atomic mass is 15.2. The number of aryl methyl sites for hydroxylation is 2. The van der Waals surface area contributed by atoms with E-state index in [-0.39, 0.29) is 0 Å². The molecule has 0 bridgehead atoms. The molecule has 0 radical (unpaired) electrons. The van der Waals surface area contributed by atoms with Crippen LogP contribution in [0.4, 0.5) is 0 Å². The Labute approximate surface area is 161 Å². The van der Waals surface area contributed by atoms with Gasteiger partial charge in [0.25, 0.3) is 0 Å². The Morgan fingerprint density at radius 2 is 1.85 bits per heavy atom. The van der Waals surface area contributed by atoms with E-state index in [4.69, 9.17) is 0 Å².